The summed E-state index contributed by atoms with van der Waals surface area (Å²) in [5.41, 5.74) is 1.11. The molecule has 0 N–H and O–H groups in total. The van der Waals surface area contributed by atoms with Crippen molar-refractivity contribution in [3.8, 4) is 5.75 Å². The first-order valence-corrected chi connectivity index (χ1v) is 10.4. The van der Waals surface area contributed by atoms with Gasteiger partial charge in [-0.25, -0.2) is 8.42 Å². The maximum Gasteiger partial charge on any atom is 0.257 e. The van der Waals surface area contributed by atoms with Gasteiger partial charge in [0.1, 0.15) is 5.75 Å². The topological polar surface area (TPSA) is 63.7 Å². The lowest BCUT2D eigenvalue weighted by molar-refractivity contribution is 0.0763. The molecule has 1 saturated heterocycles. The molecular formula is C19H20ClNO4S. The molecule has 3 rings (SSSR count). The van der Waals surface area contributed by atoms with E-state index in [-0.39, 0.29) is 18.2 Å². The molecule has 1 amide bonds. The summed E-state index contributed by atoms with van der Waals surface area (Å²) in [6, 6.07) is 14.0. The highest BCUT2D eigenvalue weighted by Gasteiger charge is 2.33. The van der Waals surface area contributed by atoms with Gasteiger partial charge in [-0.05, 0) is 30.2 Å². The number of carbonyl (C=O) groups excluding carboxylic acids is 1. The van der Waals surface area contributed by atoms with E-state index in [1.54, 1.807) is 23.1 Å². The Balaban J connectivity index is 1.86. The average Bonchev–Trinajstić information content (AvgIpc) is 2.80. The SMILES string of the molecule is COc1ccc(Cl)cc1C(=O)N1CC[C@H](c2ccccc2)S(=O)(=O)CC1. The van der Waals surface area contributed by atoms with E-state index in [2.05, 4.69) is 0 Å². The second-order valence-corrected chi connectivity index (χ2v) is 8.93. The zero-order valence-corrected chi connectivity index (χ0v) is 16.0. The summed E-state index contributed by atoms with van der Waals surface area (Å²) in [6.07, 6.45) is 0.362. The zero-order chi connectivity index (χ0) is 18.7. The van der Waals surface area contributed by atoms with Crippen LogP contribution in [0.4, 0.5) is 0 Å². The van der Waals surface area contributed by atoms with Gasteiger partial charge in [0.2, 0.25) is 0 Å². The third kappa shape index (κ3) is 3.86. The number of carbonyl (C=O) groups is 1. The molecule has 1 fully saturated rings. The Bertz CT molecular complexity index is 899. The fraction of sp³-hybridized carbons (Fsp3) is 0.316. The van der Waals surface area contributed by atoms with Crippen LogP contribution in [0.3, 0.4) is 0 Å². The van der Waals surface area contributed by atoms with E-state index in [1.165, 1.54) is 7.11 Å². The van der Waals surface area contributed by atoms with Gasteiger partial charge in [-0.3, -0.25) is 4.79 Å². The van der Waals surface area contributed by atoms with Crippen molar-refractivity contribution in [2.45, 2.75) is 11.7 Å². The van der Waals surface area contributed by atoms with Crippen molar-refractivity contribution in [2.75, 3.05) is 26.0 Å². The van der Waals surface area contributed by atoms with Gasteiger partial charge in [0.05, 0.1) is 23.7 Å². The van der Waals surface area contributed by atoms with E-state index >= 15 is 0 Å². The Kier molecular flexibility index (Phi) is 5.53. The highest BCUT2D eigenvalue weighted by Crippen LogP contribution is 2.31. The van der Waals surface area contributed by atoms with Crippen LogP contribution >= 0.6 is 11.6 Å². The minimum atomic E-state index is -3.34. The van der Waals surface area contributed by atoms with Crippen LogP contribution in [-0.2, 0) is 9.84 Å². The molecule has 0 radical (unpaired) electrons. The number of amides is 1. The molecule has 0 unspecified atom stereocenters. The van der Waals surface area contributed by atoms with Crippen LogP contribution in [0.25, 0.3) is 0 Å². The van der Waals surface area contributed by atoms with Crippen molar-refractivity contribution < 1.29 is 17.9 Å². The van der Waals surface area contributed by atoms with Crippen LogP contribution in [0.15, 0.2) is 48.5 Å². The molecule has 2 aromatic carbocycles. The predicted octanol–water partition coefficient (Wildman–Crippen LogP) is 3.35. The monoisotopic (exact) mass is 393 g/mol. The lowest BCUT2D eigenvalue weighted by Gasteiger charge is -2.21. The first-order chi connectivity index (χ1) is 12.4. The summed E-state index contributed by atoms with van der Waals surface area (Å²) in [5, 5.41) is -0.165. The quantitative estimate of drug-likeness (QED) is 0.802. The molecule has 5 nitrogen and oxygen atoms in total. The fourth-order valence-corrected chi connectivity index (χ4v) is 5.17. The third-order valence-electron chi connectivity index (χ3n) is 4.59. The van der Waals surface area contributed by atoms with Crippen molar-refractivity contribution in [3.63, 3.8) is 0 Å². The molecule has 0 aromatic heterocycles. The largest absolute Gasteiger partial charge is 0.496 e. The summed E-state index contributed by atoms with van der Waals surface area (Å²) in [5.74, 6) is 0.0839. The lowest BCUT2D eigenvalue weighted by Crippen LogP contribution is -2.33. The average molecular weight is 394 g/mol. The van der Waals surface area contributed by atoms with Gasteiger partial charge in [0, 0.05) is 18.1 Å². The molecule has 0 spiro atoms. The van der Waals surface area contributed by atoms with Gasteiger partial charge in [0.25, 0.3) is 5.91 Å². The molecule has 1 atom stereocenters. The van der Waals surface area contributed by atoms with Gasteiger partial charge in [-0.1, -0.05) is 41.9 Å². The van der Waals surface area contributed by atoms with Crippen molar-refractivity contribution in [1.82, 2.24) is 4.90 Å². The Labute approximate surface area is 158 Å². The van der Waals surface area contributed by atoms with E-state index in [0.29, 0.717) is 29.3 Å². The molecule has 2 aromatic rings. The molecule has 0 saturated carbocycles. The van der Waals surface area contributed by atoms with E-state index in [1.807, 2.05) is 30.3 Å². The fourth-order valence-electron chi connectivity index (χ4n) is 3.21. The second-order valence-electron chi connectivity index (χ2n) is 6.19. The van der Waals surface area contributed by atoms with Crippen molar-refractivity contribution in [3.05, 3.63) is 64.7 Å². The molecule has 138 valence electrons. The summed E-state index contributed by atoms with van der Waals surface area (Å²) in [6.45, 7) is 0.507. The maximum absolute atomic E-state index is 12.9. The second kappa shape index (κ2) is 7.68. The number of ether oxygens (including phenoxy) is 1. The zero-order valence-electron chi connectivity index (χ0n) is 14.4. The normalized spacial score (nSPS) is 19.6. The summed E-state index contributed by atoms with van der Waals surface area (Å²) in [7, 11) is -1.85. The summed E-state index contributed by atoms with van der Waals surface area (Å²) < 4.78 is 30.7. The Morgan fingerprint density at radius 2 is 1.88 bits per heavy atom. The molecule has 1 heterocycles. The molecule has 26 heavy (non-hydrogen) atoms. The van der Waals surface area contributed by atoms with Crippen LogP contribution in [0.2, 0.25) is 5.02 Å². The Morgan fingerprint density at radius 3 is 2.58 bits per heavy atom. The smallest absolute Gasteiger partial charge is 0.257 e. The molecule has 1 aliphatic heterocycles. The molecular weight excluding hydrogens is 374 g/mol. The number of hydrogen-bond donors (Lipinski definition) is 0. The van der Waals surface area contributed by atoms with Gasteiger partial charge in [-0.15, -0.1) is 0 Å². The van der Waals surface area contributed by atoms with Crippen molar-refractivity contribution >= 4 is 27.3 Å². The highest BCUT2D eigenvalue weighted by molar-refractivity contribution is 7.91. The van der Waals surface area contributed by atoms with Crippen molar-refractivity contribution in [2.24, 2.45) is 0 Å². The Hall–Kier alpha value is -2.05. The van der Waals surface area contributed by atoms with Crippen LogP contribution < -0.4 is 4.74 Å². The number of halogens is 1. The standard InChI is InChI=1S/C19H20ClNO4S/c1-25-17-8-7-15(20)13-16(17)19(22)21-10-9-18(26(23,24)12-11-21)14-5-3-2-4-6-14/h2-8,13,18H,9-12H2,1H3/t18-/m1/s1. The number of benzene rings is 2. The van der Waals surface area contributed by atoms with Crippen molar-refractivity contribution in [1.29, 1.82) is 0 Å². The van der Waals surface area contributed by atoms with Crippen LogP contribution in [0.5, 0.6) is 5.75 Å². The van der Waals surface area contributed by atoms with Gasteiger partial charge < -0.3 is 9.64 Å². The number of rotatable bonds is 3. The molecule has 1 aliphatic rings. The maximum atomic E-state index is 12.9. The minimum absolute atomic E-state index is 0.0683. The van der Waals surface area contributed by atoms with E-state index in [4.69, 9.17) is 16.3 Å². The number of sulfone groups is 1. The van der Waals surface area contributed by atoms with E-state index < -0.39 is 15.1 Å². The van der Waals surface area contributed by atoms with Gasteiger partial charge in [0.15, 0.2) is 9.84 Å². The predicted molar refractivity (Wildman–Crippen MR) is 101 cm³/mol. The number of methoxy groups -OCH3 is 1. The summed E-state index contributed by atoms with van der Waals surface area (Å²) in [4.78, 5) is 14.5. The first kappa shape index (κ1) is 18.7. The van der Waals surface area contributed by atoms with Gasteiger partial charge >= 0.3 is 0 Å². The van der Waals surface area contributed by atoms with E-state index in [0.717, 1.165) is 5.56 Å². The van der Waals surface area contributed by atoms with Crippen LogP contribution in [0.1, 0.15) is 27.6 Å². The first-order valence-electron chi connectivity index (χ1n) is 8.31. The van der Waals surface area contributed by atoms with Gasteiger partial charge in [-0.2, -0.15) is 0 Å². The molecule has 7 heteroatoms. The summed E-state index contributed by atoms with van der Waals surface area (Å²) >= 11 is 6.02. The van der Waals surface area contributed by atoms with Crippen LogP contribution in [-0.4, -0.2) is 45.2 Å². The Morgan fingerprint density at radius 1 is 1.15 bits per heavy atom. The van der Waals surface area contributed by atoms with Crippen LogP contribution in [0, 0.1) is 0 Å². The highest BCUT2D eigenvalue weighted by atomic mass is 35.5. The van der Waals surface area contributed by atoms with E-state index in [9.17, 15) is 13.2 Å². The minimum Gasteiger partial charge on any atom is -0.496 e. The lowest BCUT2D eigenvalue weighted by atomic mass is 10.1. The molecule has 0 bridgehead atoms. The molecule has 0 aliphatic carbocycles. The number of hydrogen-bond acceptors (Lipinski definition) is 4. The number of nitrogens with zero attached hydrogens (tertiary/aromatic N) is 1. The third-order valence-corrected chi connectivity index (χ3v) is 6.95.